The molecule has 2 aromatic rings. The van der Waals surface area contributed by atoms with E-state index in [1.54, 1.807) is 18.8 Å². The molecular formula is C24H31N3OS2. The average molecular weight is 442 g/mol. The smallest absolute Gasteiger partial charge is 0.230 e. The van der Waals surface area contributed by atoms with Crippen molar-refractivity contribution in [2.24, 2.45) is 23.7 Å². The summed E-state index contributed by atoms with van der Waals surface area (Å²) in [4.78, 5) is 25.3. The summed E-state index contributed by atoms with van der Waals surface area (Å²) in [5.41, 5.74) is 1.67. The van der Waals surface area contributed by atoms with E-state index in [2.05, 4.69) is 12.2 Å². The van der Waals surface area contributed by atoms with E-state index in [0.717, 1.165) is 40.9 Å². The molecule has 7 rings (SSSR count). The Bertz CT molecular complexity index is 978. The Morgan fingerprint density at radius 3 is 2.53 bits per heavy atom. The van der Waals surface area contributed by atoms with Crippen molar-refractivity contribution in [1.29, 1.82) is 0 Å². The fraction of sp³-hybridized carbons (Fsp3) is 0.708. The van der Waals surface area contributed by atoms with Crippen LogP contribution in [0.1, 0.15) is 68.1 Å². The molecule has 2 aromatic heterocycles. The summed E-state index contributed by atoms with van der Waals surface area (Å²) in [6.07, 6.45) is 11.7. The van der Waals surface area contributed by atoms with Crippen molar-refractivity contribution >= 4 is 39.2 Å². The summed E-state index contributed by atoms with van der Waals surface area (Å²) < 4.78 is 0. The molecule has 0 aromatic carbocycles. The van der Waals surface area contributed by atoms with Crippen LogP contribution in [0.4, 0.5) is 0 Å². The number of carbonyl (C=O) groups is 1. The summed E-state index contributed by atoms with van der Waals surface area (Å²) in [6, 6.07) is 0. The van der Waals surface area contributed by atoms with Gasteiger partial charge >= 0.3 is 0 Å². The maximum absolute atomic E-state index is 12.0. The minimum atomic E-state index is 0.0702. The lowest BCUT2D eigenvalue weighted by molar-refractivity contribution is -0.118. The molecule has 0 unspecified atom stereocenters. The largest absolute Gasteiger partial charge is 0.358 e. The van der Waals surface area contributed by atoms with E-state index in [9.17, 15) is 4.79 Å². The summed E-state index contributed by atoms with van der Waals surface area (Å²) >= 11 is 3.53. The van der Waals surface area contributed by atoms with E-state index in [1.165, 1.54) is 72.0 Å². The Hall–Kier alpha value is -1.14. The van der Waals surface area contributed by atoms with Crippen molar-refractivity contribution < 1.29 is 4.79 Å². The van der Waals surface area contributed by atoms with Crippen molar-refractivity contribution in [2.75, 3.05) is 12.8 Å². The predicted octanol–water partition coefficient (Wildman–Crippen LogP) is 5.12. The number of thiophene rings is 1. The number of fused-ring (bicyclic) bond motifs is 3. The van der Waals surface area contributed by atoms with Crippen molar-refractivity contribution in [1.82, 2.24) is 15.3 Å². The minimum Gasteiger partial charge on any atom is -0.358 e. The number of nitrogens with one attached hydrogen (secondary N) is 1. The normalized spacial score (nSPS) is 34.3. The van der Waals surface area contributed by atoms with Crippen LogP contribution in [0.25, 0.3) is 10.2 Å². The number of aryl methyl sites for hydroxylation is 1. The third-order valence-corrected chi connectivity index (χ3v) is 10.4. The molecule has 0 aliphatic heterocycles. The molecule has 0 radical (unpaired) electrons. The first-order chi connectivity index (χ1) is 14.5. The van der Waals surface area contributed by atoms with E-state index < -0.39 is 0 Å². The summed E-state index contributed by atoms with van der Waals surface area (Å²) in [7, 11) is 1.72. The number of aromatic nitrogens is 2. The highest BCUT2D eigenvalue weighted by molar-refractivity contribution is 8.00. The van der Waals surface area contributed by atoms with Gasteiger partial charge in [-0.3, -0.25) is 4.79 Å². The Morgan fingerprint density at radius 2 is 1.87 bits per heavy atom. The first-order valence-corrected chi connectivity index (χ1v) is 13.5. The van der Waals surface area contributed by atoms with Gasteiger partial charge < -0.3 is 5.32 Å². The van der Waals surface area contributed by atoms with E-state index in [1.807, 2.05) is 11.3 Å². The molecule has 160 valence electrons. The zero-order valence-electron chi connectivity index (χ0n) is 18.0. The Balaban J connectivity index is 1.46. The molecule has 1 atom stereocenters. The fourth-order valence-electron chi connectivity index (χ4n) is 7.24. The topological polar surface area (TPSA) is 54.9 Å². The molecule has 4 fully saturated rings. The average Bonchev–Trinajstić information content (AvgIpc) is 3.08. The van der Waals surface area contributed by atoms with Gasteiger partial charge in [-0.05, 0) is 87.0 Å². The molecule has 4 saturated carbocycles. The highest BCUT2D eigenvalue weighted by atomic mass is 32.2. The van der Waals surface area contributed by atoms with Crippen LogP contribution in [0, 0.1) is 23.7 Å². The second-order valence-corrected chi connectivity index (χ2v) is 12.6. The molecule has 4 bridgehead atoms. The molecule has 1 N–H and O–H groups in total. The number of nitrogens with zero attached hydrogens (tertiary/aromatic N) is 2. The number of hydrogen-bond donors (Lipinski definition) is 1. The van der Waals surface area contributed by atoms with Crippen LogP contribution in [-0.4, -0.2) is 28.7 Å². The van der Waals surface area contributed by atoms with Crippen molar-refractivity contribution in [2.45, 2.75) is 75.2 Å². The van der Waals surface area contributed by atoms with Crippen LogP contribution in [0.2, 0.25) is 0 Å². The lowest BCUT2D eigenvalue weighted by Crippen LogP contribution is -2.49. The monoisotopic (exact) mass is 441 g/mol. The first kappa shape index (κ1) is 19.5. The molecule has 5 aliphatic carbocycles. The summed E-state index contributed by atoms with van der Waals surface area (Å²) in [6.45, 7) is 2.36. The van der Waals surface area contributed by atoms with Gasteiger partial charge in [0, 0.05) is 22.7 Å². The maximum atomic E-state index is 12.0. The Labute approximate surface area is 187 Å². The predicted molar refractivity (Wildman–Crippen MR) is 123 cm³/mol. The Morgan fingerprint density at radius 1 is 1.17 bits per heavy atom. The zero-order valence-corrected chi connectivity index (χ0v) is 19.6. The number of amides is 1. The van der Waals surface area contributed by atoms with Gasteiger partial charge in [0.1, 0.15) is 15.7 Å². The van der Waals surface area contributed by atoms with Crippen LogP contribution in [0.3, 0.4) is 0 Å². The SMILES string of the molecule is CNC(=O)CSc1nc(C23CC4CC(CC(C4)C2)C3)nc2sc3c(c12)CC[C@H](C)C3. The molecule has 6 heteroatoms. The highest BCUT2D eigenvalue weighted by Gasteiger charge is 2.53. The minimum absolute atomic E-state index is 0.0702. The third kappa shape index (κ3) is 3.12. The van der Waals surface area contributed by atoms with Gasteiger partial charge in [-0.2, -0.15) is 0 Å². The Kier molecular flexibility index (Phi) is 4.68. The number of thioether (sulfide) groups is 1. The van der Waals surface area contributed by atoms with E-state index in [0.29, 0.717) is 5.75 Å². The van der Waals surface area contributed by atoms with Gasteiger partial charge in [-0.25, -0.2) is 9.97 Å². The molecule has 1 amide bonds. The van der Waals surface area contributed by atoms with Crippen molar-refractivity contribution in [3.8, 4) is 0 Å². The molecule has 2 heterocycles. The van der Waals surface area contributed by atoms with Crippen LogP contribution in [-0.2, 0) is 23.1 Å². The highest BCUT2D eigenvalue weighted by Crippen LogP contribution is 2.60. The second kappa shape index (κ2) is 7.19. The van der Waals surface area contributed by atoms with Gasteiger partial charge in [0.2, 0.25) is 5.91 Å². The van der Waals surface area contributed by atoms with Crippen LogP contribution in [0.5, 0.6) is 0 Å². The summed E-state index contributed by atoms with van der Waals surface area (Å²) in [5, 5.41) is 5.11. The molecule has 4 nitrogen and oxygen atoms in total. The van der Waals surface area contributed by atoms with Crippen LogP contribution < -0.4 is 5.32 Å². The van der Waals surface area contributed by atoms with E-state index >= 15 is 0 Å². The third-order valence-electron chi connectivity index (χ3n) is 8.25. The van der Waals surface area contributed by atoms with Gasteiger partial charge in [0.25, 0.3) is 0 Å². The van der Waals surface area contributed by atoms with Gasteiger partial charge in [0.15, 0.2) is 0 Å². The quantitative estimate of drug-likeness (QED) is 0.528. The van der Waals surface area contributed by atoms with E-state index in [4.69, 9.17) is 9.97 Å². The van der Waals surface area contributed by atoms with Gasteiger partial charge in [0.05, 0.1) is 5.75 Å². The lowest BCUT2D eigenvalue weighted by Gasteiger charge is -2.56. The molecule has 0 spiro atoms. The summed E-state index contributed by atoms with van der Waals surface area (Å²) in [5.74, 6) is 5.02. The standard InChI is InChI=1S/C24H31N3OS2/c1-13-3-4-17-18(5-13)30-22-20(17)21(29-12-19(28)25-2)26-23(27-22)24-9-14-6-15(10-24)8-16(7-14)11-24/h13-16H,3-12H2,1-2H3,(H,25,28)/t13-,14?,15?,16?,24?/m0/s1. The second-order valence-electron chi connectivity index (χ2n) is 10.5. The molecule has 5 aliphatic rings. The lowest BCUT2D eigenvalue weighted by atomic mass is 9.49. The zero-order chi connectivity index (χ0) is 20.5. The van der Waals surface area contributed by atoms with Crippen LogP contribution in [0.15, 0.2) is 5.03 Å². The number of hydrogen-bond acceptors (Lipinski definition) is 5. The molecular weight excluding hydrogens is 410 g/mol. The van der Waals surface area contributed by atoms with Gasteiger partial charge in [-0.15, -0.1) is 11.3 Å². The van der Waals surface area contributed by atoms with Gasteiger partial charge in [-0.1, -0.05) is 18.7 Å². The maximum Gasteiger partial charge on any atom is 0.230 e. The van der Waals surface area contributed by atoms with Crippen molar-refractivity contribution in [3.05, 3.63) is 16.3 Å². The van der Waals surface area contributed by atoms with Crippen molar-refractivity contribution in [3.63, 3.8) is 0 Å². The molecule has 30 heavy (non-hydrogen) atoms. The van der Waals surface area contributed by atoms with Crippen LogP contribution >= 0.6 is 23.1 Å². The number of rotatable bonds is 4. The fourth-order valence-corrected chi connectivity index (χ4v) is 9.62. The first-order valence-electron chi connectivity index (χ1n) is 11.7. The van der Waals surface area contributed by atoms with E-state index in [-0.39, 0.29) is 11.3 Å². The number of carbonyl (C=O) groups excluding carboxylic acids is 1. The molecule has 0 saturated heterocycles.